The molecule has 0 aliphatic carbocycles. The van der Waals surface area contributed by atoms with Gasteiger partial charge in [0.2, 0.25) is 0 Å². The van der Waals surface area contributed by atoms with Crippen LogP contribution in [0.4, 0.5) is 0 Å². The molecule has 0 aromatic rings. The van der Waals surface area contributed by atoms with Gasteiger partial charge in [-0.25, -0.2) is 9.13 Å². The summed E-state index contributed by atoms with van der Waals surface area (Å²) in [5, 5.41) is 10.6. The largest absolute Gasteiger partial charge is 0.472 e. The third kappa shape index (κ3) is 74.3. The molecule has 0 heterocycles. The molecule has 0 aliphatic rings. The summed E-state index contributed by atoms with van der Waals surface area (Å²) in [6.07, 6.45) is 79.7. The van der Waals surface area contributed by atoms with E-state index in [1.165, 1.54) is 161 Å². The van der Waals surface area contributed by atoms with Gasteiger partial charge in [0.05, 0.1) is 26.4 Å². The minimum atomic E-state index is -4.99. The molecule has 0 aromatic heterocycles. The standard InChI is InChI=1S/C83H146O17P2/c1-5-9-13-17-21-25-29-33-36-38-41-44-48-52-56-60-64-68-81(86)94-74-79(99-82(87)69-65-61-57-53-49-45-40-35-31-27-23-19-15-11-7-3)76-98-102(91,92)96-72-77(84)71-95-101(89,90)97-75-78(73-93-80(85)67-63-59-55-51-47-43-32-28-24-20-16-12-8-4)100-83(88)70-66-62-58-54-50-46-42-39-37-34-30-26-22-18-14-10-6-2/h21-22,25-26,33-34,36-37,41-42,44,46,52,54,56,58,77-79,84H,5-20,23-24,27-32,35,38-40,43,45,47-51,53,55,57,59-76H2,1-4H3,(H,89,90)(H,91,92)/b25-21-,26-22-,36-33-,37-34-,44-41-,46-42-,56-52-,58-54-/t77-,78+,79+/m0/s1. The molecule has 19 heteroatoms. The number of phosphoric ester groups is 2. The van der Waals surface area contributed by atoms with E-state index >= 15 is 0 Å². The maximum absolute atomic E-state index is 13.1. The van der Waals surface area contributed by atoms with Crippen molar-refractivity contribution in [1.29, 1.82) is 0 Å². The molecule has 0 saturated heterocycles. The van der Waals surface area contributed by atoms with E-state index in [0.717, 1.165) is 96.3 Å². The van der Waals surface area contributed by atoms with Gasteiger partial charge in [0.1, 0.15) is 19.3 Å². The van der Waals surface area contributed by atoms with Crippen molar-refractivity contribution in [3.63, 3.8) is 0 Å². The number of carbonyl (C=O) groups is 4. The Bertz CT molecular complexity index is 2310. The lowest BCUT2D eigenvalue weighted by molar-refractivity contribution is -0.161. The lowest BCUT2D eigenvalue weighted by Gasteiger charge is -2.21. The van der Waals surface area contributed by atoms with Crippen LogP contribution < -0.4 is 0 Å². The van der Waals surface area contributed by atoms with E-state index in [-0.39, 0.29) is 25.7 Å². The summed E-state index contributed by atoms with van der Waals surface area (Å²) in [5.74, 6) is -2.28. The highest BCUT2D eigenvalue weighted by atomic mass is 31.2. The molecule has 0 fully saturated rings. The zero-order valence-electron chi connectivity index (χ0n) is 64.5. The summed E-state index contributed by atoms with van der Waals surface area (Å²) < 4.78 is 68.5. The first-order valence-electron chi connectivity index (χ1n) is 40.5. The Morgan fingerprint density at radius 3 is 0.784 bits per heavy atom. The van der Waals surface area contributed by atoms with Crippen molar-refractivity contribution in [1.82, 2.24) is 0 Å². The predicted octanol–water partition coefficient (Wildman–Crippen LogP) is 23.6. The van der Waals surface area contributed by atoms with Crippen LogP contribution in [-0.2, 0) is 65.4 Å². The quantitative estimate of drug-likeness (QED) is 0.0169. The predicted molar refractivity (Wildman–Crippen MR) is 418 cm³/mol. The van der Waals surface area contributed by atoms with Gasteiger partial charge < -0.3 is 33.8 Å². The molecular formula is C83H146O17P2. The van der Waals surface area contributed by atoms with E-state index in [0.29, 0.717) is 38.5 Å². The van der Waals surface area contributed by atoms with E-state index < -0.39 is 97.5 Å². The number of phosphoric acid groups is 2. The molecule has 0 radical (unpaired) electrons. The molecule has 5 atom stereocenters. The van der Waals surface area contributed by atoms with Gasteiger partial charge in [-0.2, -0.15) is 0 Å². The molecular weight excluding hydrogens is 1330 g/mol. The Hall–Kier alpha value is -4.02. The van der Waals surface area contributed by atoms with Crippen LogP contribution in [0.3, 0.4) is 0 Å². The van der Waals surface area contributed by atoms with E-state index in [1.54, 1.807) is 0 Å². The van der Waals surface area contributed by atoms with Crippen LogP contribution >= 0.6 is 15.6 Å². The zero-order chi connectivity index (χ0) is 74.6. The van der Waals surface area contributed by atoms with Crippen LogP contribution in [0, 0.1) is 0 Å². The number of rotatable bonds is 76. The number of unbranched alkanes of at least 4 members (excludes halogenated alkanes) is 34. The second kappa shape index (κ2) is 75.2. The monoisotopic (exact) mass is 1480 g/mol. The Morgan fingerprint density at radius 2 is 0.490 bits per heavy atom. The molecule has 0 rings (SSSR count). The summed E-state index contributed by atoms with van der Waals surface area (Å²) in [4.78, 5) is 73.0. The number of esters is 4. The van der Waals surface area contributed by atoms with E-state index in [9.17, 15) is 43.2 Å². The highest BCUT2D eigenvalue weighted by molar-refractivity contribution is 7.47. The molecule has 17 nitrogen and oxygen atoms in total. The summed E-state index contributed by atoms with van der Waals surface area (Å²) in [6, 6.07) is 0. The summed E-state index contributed by atoms with van der Waals surface area (Å²) in [6.45, 7) is 4.75. The van der Waals surface area contributed by atoms with Gasteiger partial charge >= 0.3 is 39.5 Å². The van der Waals surface area contributed by atoms with Crippen molar-refractivity contribution in [2.45, 2.75) is 367 Å². The fourth-order valence-electron chi connectivity index (χ4n) is 10.9. The Kier molecular flexibility index (Phi) is 72.3. The van der Waals surface area contributed by atoms with E-state index in [4.69, 9.17) is 37.0 Å². The minimum Gasteiger partial charge on any atom is -0.462 e. The molecule has 2 unspecified atom stereocenters. The van der Waals surface area contributed by atoms with Crippen LogP contribution in [0.25, 0.3) is 0 Å². The number of carbonyl (C=O) groups excluding carboxylic acids is 4. The van der Waals surface area contributed by atoms with Crippen molar-refractivity contribution in [3.05, 3.63) is 97.2 Å². The number of aliphatic hydroxyl groups is 1. The summed E-state index contributed by atoms with van der Waals surface area (Å²) in [5.41, 5.74) is 0. The molecule has 0 saturated carbocycles. The van der Waals surface area contributed by atoms with Gasteiger partial charge in [0, 0.05) is 25.7 Å². The summed E-state index contributed by atoms with van der Waals surface area (Å²) in [7, 11) is -9.98. The minimum absolute atomic E-state index is 0.0203. The normalized spacial score (nSPS) is 14.4. The van der Waals surface area contributed by atoms with Crippen molar-refractivity contribution in [3.8, 4) is 0 Å². The molecule has 3 N–H and O–H groups in total. The van der Waals surface area contributed by atoms with Crippen LogP contribution in [0.2, 0.25) is 0 Å². The lowest BCUT2D eigenvalue weighted by Crippen LogP contribution is -2.30. The van der Waals surface area contributed by atoms with Gasteiger partial charge in [0.25, 0.3) is 0 Å². The van der Waals surface area contributed by atoms with E-state index in [2.05, 4.69) is 101 Å². The second-order valence-electron chi connectivity index (χ2n) is 27.0. The van der Waals surface area contributed by atoms with Crippen molar-refractivity contribution >= 4 is 39.5 Å². The topological polar surface area (TPSA) is 237 Å². The molecule has 0 aromatic carbocycles. The highest BCUT2D eigenvalue weighted by Crippen LogP contribution is 2.45. The average molecular weight is 1480 g/mol. The van der Waals surface area contributed by atoms with Crippen molar-refractivity contribution in [2.75, 3.05) is 39.6 Å². The molecule has 102 heavy (non-hydrogen) atoms. The fraction of sp³-hybridized carbons (Fsp3) is 0.759. The van der Waals surface area contributed by atoms with Crippen LogP contribution in [0.5, 0.6) is 0 Å². The third-order valence-corrected chi connectivity index (χ3v) is 19.0. The Balaban J connectivity index is 5.43. The van der Waals surface area contributed by atoms with Gasteiger partial charge in [-0.3, -0.25) is 37.3 Å². The smallest absolute Gasteiger partial charge is 0.462 e. The summed E-state index contributed by atoms with van der Waals surface area (Å²) >= 11 is 0. The van der Waals surface area contributed by atoms with Crippen molar-refractivity contribution in [2.24, 2.45) is 0 Å². The fourth-order valence-corrected chi connectivity index (χ4v) is 12.4. The van der Waals surface area contributed by atoms with Gasteiger partial charge in [-0.05, 0) is 103 Å². The first kappa shape index (κ1) is 98.0. The average Bonchev–Trinajstić information content (AvgIpc) is 0.951. The maximum atomic E-state index is 13.1. The first-order valence-corrected chi connectivity index (χ1v) is 43.5. The van der Waals surface area contributed by atoms with Crippen molar-refractivity contribution < 1.29 is 80.2 Å². The van der Waals surface area contributed by atoms with Gasteiger partial charge in [-0.1, -0.05) is 318 Å². The van der Waals surface area contributed by atoms with Gasteiger partial charge in [-0.15, -0.1) is 0 Å². The molecule has 0 spiro atoms. The highest BCUT2D eigenvalue weighted by Gasteiger charge is 2.30. The van der Waals surface area contributed by atoms with Gasteiger partial charge in [0.15, 0.2) is 12.2 Å². The maximum Gasteiger partial charge on any atom is 0.472 e. The van der Waals surface area contributed by atoms with Crippen LogP contribution in [0.15, 0.2) is 97.2 Å². The number of allylic oxidation sites excluding steroid dienone is 16. The van der Waals surface area contributed by atoms with Crippen LogP contribution in [-0.4, -0.2) is 96.7 Å². The number of ether oxygens (including phenoxy) is 4. The second-order valence-corrected chi connectivity index (χ2v) is 29.9. The molecule has 0 bridgehead atoms. The molecule has 0 amide bonds. The molecule has 0 aliphatic heterocycles. The number of aliphatic hydroxyl groups excluding tert-OH is 1. The van der Waals surface area contributed by atoms with E-state index in [1.807, 2.05) is 24.3 Å². The lowest BCUT2D eigenvalue weighted by atomic mass is 10.0. The SMILES string of the molecule is CCCCC/C=C\C/C=C\C/C=C\C/C=C\CCCC(=O)OC[C@H](COP(=O)(O)OC[C@@H](O)COP(=O)(O)OC[C@@H](COC(=O)CCCCCCCCCCCCCCC)OC(=O)CCC/C=C\C/C=C\C/C=C\C/C=C\CCCCC)OC(=O)CCCCCCCCCCCCCCCCC. The first-order chi connectivity index (χ1) is 49.7. The number of hydrogen-bond donors (Lipinski definition) is 3. The molecule has 590 valence electrons. The number of hydrogen-bond acceptors (Lipinski definition) is 15. The van der Waals surface area contributed by atoms with Crippen LogP contribution in [0.1, 0.15) is 349 Å². The Labute approximate surface area is 620 Å². The Morgan fingerprint density at radius 1 is 0.275 bits per heavy atom. The zero-order valence-corrected chi connectivity index (χ0v) is 66.3. The third-order valence-electron chi connectivity index (χ3n) is 17.1.